The zero-order chi connectivity index (χ0) is 8.74. The Morgan fingerprint density at radius 2 is 1.58 bits per heavy atom. The molecule has 0 atom stereocenters. The van der Waals surface area contributed by atoms with Gasteiger partial charge >= 0.3 is 7.60 Å². The summed E-state index contributed by atoms with van der Waals surface area (Å²) in [6.45, 7) is 8.74. The fourth-order valence-electron chi connectivity index (χ4n) is 0.413. The van der Waals surface area contributed by atoms with Crippen LogP contribution in [0, 0.1) is 0 Å². The van der Waals surface area contributed by atoms with Crippen LogP contribution in [0.3, 0.4) is 0 Å². The summed E-state index contributed by atoms with van der Waals surface area (Å²) >= 11 is 0. The van der Waals surface area contributed by atoms with Gasteiger partial charge in [0.15, 0.2) is 0 Å². The van der Waals surface area contributed by atoms with E-state index in [0.29, 0.717) is 0 Å². The maximum absolute atomic E-state index is 11.2. The van der Waals surface area contributed by atoms with Crippen molar-refractivity contribution in [3.8, 4) is 0 Å². The molecule has 12 heavy (non-hydrogen) atoms. The largest absolute Gasteiger partial charge is 0.344 e. The second-order valence-electron chi connectivity index (χ2n) is 1.94. The molecule has 0 aliphatic carbocycles. The van der Waals surface area contributed by atoms with Crippen molar-refractivity contribution >= 4 is 7.60 Å². The molecule has 3 N–H and O–H groups in total. The highest BCUT2D eigenvalue weighted by molar-refractivity contribution is 7.52. The Kier molecular flexibility index (Phi) is 8.54. The summed E-state index contributed by atoms with van der Waals surface area (Å²) in [6.07, 6.45) is 3.04. The summed E-state index contributed by atoms with van der Waals surface area (Å²) in [5.74, 6) is 0. The molecular weight excluding hydrogens is 177 g/mol. The van der Waals surface area contributed by atoms with Crippen LogP contribution in [0.4, 0.5) is 0 Å². The summed E-state index contributed by atoms with van der Waals surface area (Å²) in [5, 5.41) is 0. The molecule has 0 radical (unpaired) electrons. The van der Waals surface area contributed by atoms with Gasteiger partial charge in [-0.05, 0) is 0 Å². The Balaban J connectivity index is 0. The lowest BCUT2D eigenvalue weighted by Crippen LogP contribution is -1.93. The molecular formula is C7H16NO3P. The molecule has 0 rings (SSSR count). The van der Waals surface area contributed by atoms with Gasteiger partial charge in [-0.15, -0.1) is 13.2 Å². The minimum atomic E-state index is -2.87. The van der Waals surface area contributed by atoms with Gasteiger partial charge in [0.2, 0.25) is 0 Å². The van der Waals surface area contributed by atoms with Crippen molar-refractivity contribution in [1.29, 1.82) is 0 Å². The summed E-state index contributed by atoms with van der Waals surface area (Å²) in [6, 6.07) is 0. The molecule has 0 aromatic heterocycles. The molecule has 0 aliphatic heterocycles. The van der Waals surface area contributed by atoms with Crippen molar-refractivity contribution in [3.63, 3.8) is 0 Å². The van der Waals surface area contributed by atoms with Gasteiger partial charge in [0.25, 0.3) is 0 Å². The first-order valence-corrected chi connectivity index (χ1v) is 5.20. The summed E-state index contributed by atoms with van der Waals surface area (Å²) < 4.78 is 20.9. The fraction of sp³-hybridized carbons (Fsp3) is 0.429. The zero-order valence-corrected chi connectivity index (χ0v) is 8.26. The van der Waals surface area contributed by atoms with E-state index in [4.69, 9.17) is 9.05 Å². The van der Waals surface area contributed by atoms with Crippen LogP contribution in [0.5, 0.6) is 0 Å². The van der Waals surface area contributed by atoms with E-state index in [0.717, 1.165) is 0 Å². The highest BCUT2D eigenvalue weighted by atomic mass is 31.2. The Bertz CT molecular complexity index is 165. The maximum atomic E-state index is 11.2. The monoisotopic (exact) mass is 193 g/mol. The average Bonchev–Trinajstić information content (AvgIpc) is 1.97. The van der Waals surface area contributed by atoms with E-state index in [1.165, 1.54) is 18.8 Å². The third-order valence-electron chi connectivity index (χ3n) is 0.854. The van der Waals surface area contributed by atoms with Gasteiger partial charge in [-0.25, -0.2) is 0 Å². The first-order valence-electron chi connectivity index (χ1n) is 3.21. The molecule has 5 heteroatoms. The van der Waals surface area contributed by atoms with E-state index in [2.05, 4.69) is 13.2 Å². The zero-order valence-electron chi connectivity index (χ0n) is 7.36. The first kappa shape index (κ1) is 14.1. The molecule has 0 spiro atoms. The van der Waals surface area contributed by atoms with Crippen molar-refractivity contribution in [2.45, 2.75) is 0 Å². The second kappa shape index (κ2) is 7.25. The molecule has 72 valence electrons. The Morgan fingerprint density at radius 3 is 1.83 bits per heavy atom. The predicted molar refractivity (Wildman–Crippen MR) is 50.9 cm³/mol. The van der Waals surface area contributed by atoms with Gasteiger partial charge < -0.3 is 15.2 Å². The Morgan fingerprint density at radius 1 is 1.25 bits per heavy atom. The highest BCUT2D eigenvalue weighted by Gasteiger charge is 2.14. The normalized spacial score (nSPS) is 10.1. The lowest BCUT2D eigenvalue weighted by molar-refractivity contribution is 0.242. The van der Waals surface area contributed by atoms with Gasteiger partial charge in [0.1, 0.15) is 0 Å². The van der Waals surface area contributed by atoms with Crippen LogP contribution in [0.15, 0.2) is 25.3 Å². The maximum Gasteiger partial charge on any atom is 0.328 e. The van der Waals surface area contributed by atoms with Crippen molar-refractivity contribution < 1.29 is 13.6 Å². The molecule has 0 saturated carbocycles. The molecule has 4 nitrogen and oxygen atoms in total. The van der Waals surface area contributed by atoms with Crippen molar-refractivity contribution in [3.05, 3.63) is 25.3 Å². The summed E-state index contributed by atoms with van der Waals surface area (Å²) in [4.78, 5) is 0. The third-order valence-corrected chi connectivity index (χ3v) is 2.09. The van der Waals surface area contributed by atoms with E-state index in [1.807, 2.05) is 0 Å². The Hall–Kier alpha value is -0.410. The van der Waals surface area contributed by atoms with Gasteiger partial charge in [-0.2, -0.15) is 0 Å². The molecule has 0 unspecified atom stereocenters. The highest BCUT2D eigenvalue weighted by Crippen LogP contribution is 2.43. The first-order chi connectivity index (χ1) is 5.12. The van der Waals surface area contributed by atoms with Crippen LogP contribution in [0.1, 0.15) is 0 Å². The minimum absolute atomic E-state index is 0. The van der Waals surface area contributed by atoms with Crippen molar-refractivity contribution in [2.75, 3.05) is 19.9 Å². The third kappa shape index (κ3) is 7.69. The smallest absolute Gasteiger partial charge is 0.328 e. The molecule has 0 aromatic rings. The average molecular weight is 193 g/mol. The van der Waals surface area contributed by atoms with Crippen LogP contribution in [-0.4, -0.2) is 19.9 Å². The van der Waals surface area contributed by atoms with Crippen LogP contribution in [0.25, 0.3) is 0 Å². The quantitative estimate of drug-likeness (QED) is 0.519. The summed E-state index contributed by atoms with van der Waals surface area (Å²) in [7, 11) is -2.87. The number of hydrogen-bond acceptors (Lipinski definition) is 4. The van der Waals surface area contributed by atoms with E-state index in [-0.39, 0.29) is 19.4 Å². The minimum Gasteiger partial charge on any atom is -0.344 e. The van der Waals surface area contributed by atoms with Gasteiger partial charge in [0.05, 0.1) is 13.2 Å². The number of hydrogen-bond donors (Lipinski definition) is 1. The second-order valence-corrected chi connectivity index (χ2v) is 4.00. The topological polar surface area (TPSA) is 70.5 Å². The molecule has 0 heterocycles. The molecule has 0 amide bonds. The van der Waals surface area contributed by atoms with Gasteiger partial charge in [-0.1, -0.05) is 12.2 Å². The van der Waals surface area contributed by atoms with E-state index >= 15 is 0 Å². The lowest BCUT2D eigenvalue weighted by atomic mass is 10.7. The lowest BCUT2D eigenvalue weighted by Gasteiger charge is -2.10. The van der Waals surface area contributed by atoms with Gasteiger partial charge in [0, 0.05) is 6.66 Å². The van der Waals surface area contributed by atoms with E-state index < -0.39 is 7.60 Å². The van der Waals surface area contributed by atoms with Crippen LogP contribution in [-0.2, 0) is 13.6 Å². The fourth-order valence-corrected chi connectivity index (χ4v) is 1.24. The molecule has 0 aromatic carbocycles. The standard InChI is InChI=1S/C7H13O3P.H3N/c1-4-6-9-11(3,8)10-7-5-2;/h4-5H,1-2,6-7H2,3H3;1H3. The van der Waals surface area contributed by atoms with Gasteiger partial charge in [-0.3, -0.25) is 4.57 Å². The number of rotatable bonds is 6. The van der Waals surface area contributed by atoms with E-state index in [9.17, 15) is 4.57 Å². The Labute approximate surface area is 73.4 Å². The summed E-state index contributed by atoms with van der Waals surface area (Å²) in [5.41, 5.74) is 0. The van der Waals surface area contributed by atoms with Crippen LogP contribution < -0.4 is 6.15 Å². The molecule has 0 bridgehead atoms. The van der Waals surface area contributed by atoms with Crippen molar-refractivity contribution in [1.82, 2.24) is 6.15 Å². The van der Waals surface area contributed by atoms with Crippen LogP contribution in [0.2, 0.25) is 0 Å². The SMILES string of the molecule is C=CCOP(C)(=O)OCC=C.N. The molecule has 0 saturated heterocycles. The molecule has 0 aliphatic rings. The predicted octanol–water partition coefficient (Wildman–Crippen LogP) is 2.38. The van der Waals surface area contributed by atoms with Crippen LogP contribution >= 0.6 is 7.60 Å². The van der Waals surface area contributed by atoms with E-state index in [1.54, 1.807) is 0 Å². The van der Waals surface area contributed by atoms with Crippen molar-refractivity contribution in [2.24, 2.45) is 0 Å². The molecule has 0 fully saturated rings.